The number of hydrogen-bond donors (Lipinski definition) is 0. The van der Waals surface area contributed by atoms with Gasteiger partial charge >= 0.3 is 0 Å². The van der Waals surface area contributed by atoms with E-state index in [2.05, 4.69) is 0 Å². The summed E-state index contributed by atoms with van der Waals surface area (Å²) < 4.78 is 13.7. The Hall–Kier alpha value is -2.16. The van der Waals surface area contributed by atoms with Crippen molar-refractivity contribution < 1.29 is 9.18 Å². The Kier molecular flexibility index (Phi) is 4.51. The molecule has 0 bridgehead atoms. The largest absolute Gasteiger partial charge is 0.334 e. The van der Waals surface area contributed by atoms with Crippen molar-refractivity contribution in [1.29, 1.82) is 0 Å². The fourth-order valence-electron chi connectivity index (χ4n) is 2.13. The predicted molar refractivity (Wildman–Crippen MR) is 78.0 cm³/mol. The average molecular weight is 271 g/mol. The van der Waals surface area contributed by atoms with Gasteiger partial charge in [-0.3, -0.25) is 4.79 Å². The number of aryl methyl sites for hydroxylation is 1. The number of carbonyl (C=O) groups excluding carboxylic acids is 1. The van der Waals surface area contributed by atoms with E-state index in [1.807, 2.05) is 38.1 Å². The third-order valence-electron chi connectivity index (χ3n) is 3.40. The minimum absolute atomic E-state index is 0.128. The molecule has 2 aromatic carbocycles. The maximum atomic E-state index is 13.7. The molecule has 0 aromatic heterocycles. The maximum Gasteiger partial charge on any atom is 0.257 e. The number of hydrogen-bond acceptors (Lipinski definition) is 1. The summed E-state index contributed by atoms with van der Waals surface area (Å²) in [6.45, 7) is 4.95. The molecule has 0 aliphatic rings. The van der Waals surface area contributed by atoms with Crippen LogP contribution < -0.4 is 0 Å². The van der Waals surface area contributed by atoms with Crippen LogP contribution in [-0.2, 0) is 6.54 Å². The van der Waals surface area contributed by atoms with E-state index in [-0.39, 0.29) is 11.5 Å². The Balaban J connectivity index is 2.23. The van der Waals surface area contributed by atoms with E-state index in [1.54, 1.807) is 17.0 Å². The molecule has 1 amide bonds. The van der Waals surface area contributed by atoms with Gasteiger partial charge in [0.2, 0.25) is 0 Å². The number of amides is 1. The molecule has 0 radical (unpaired) electrons. The quantitative estimate of drug-likeness (QED) is 0.828. The molecule has 0 spiro atoms. The first-order chi connectivity index (χ1) is 9.63. The highest BCUT2D eigenvalue weighted by atomic mass is 19.1. The van der Waals surface area contributed by atoms with Gasteiger partial charge in [0.15, 0.2) is 0 Å². The van der Waals surface area contributed by atoms with Crippen LogP contribution in [0.4, 0.5) is 4.39 Å². The van der Waals surface area contributed by atoms with Crippen LogP contribution in [0.2, 0.25) is 0 Å². The van der Waals surface area contributed by atoms with Gasteiger partial charge in [0.05, 0.1) is 5.56 Å². The van der Waals surface area contributed by atoms with Gasteiger partial charge in [0.1, 0.15) is 5.82 Å². The second kappa shape index (κ2) is 6.33. The fraction of sp³-hybridized carbons (Fsp3) is 0.235. The molecule has 3 heteroatoms. The van der Waals surface area contributed by atoms with Gasteiger partial charge < -0.3 is 4.90 Å². The van der Waals surface area contributed by atoms with E-state index >= 15 is 0 Å². The van der Waals surface area contributed by atoms with Crippen molar-refractivity contribution in [2.75, 3.05) is 6.54 Å². The molecule has 0 fully saturated rings. The molecule has 2 rings (SSSR count). The fourth-order valence-corrected chi connectivity index (χ4v) is 2.13. The lowest BCUT2D eigenvalue weighted by Crippen LogP contribution is -2.31. The number of rotatable bonds is 4. The summed E-state index contributed by atoms with van der Waals surface area (Å²) in [6, 6.07) is 14.0. The molecule has 0 N–H and O–H groups in total. The Morgan fingerprint density at radius 1 is 1.10 bits per heavy atom. The van der Waals surface area contributed by atoms with E-state index in [1.165, 1.54) is 12.1 Å². The van der Waals surface area contributed by atoms with Crippen LogP contribution in [-0.4, -0.2) is 17.4 Å². The Morgan fingerprint density at radius 2 is 1.75 bits per heavy atom. The second-order valence-corrected chi connectivity index (χ2v) is 4.73. The minimum Gasteiger partial charge on any atom is -0.334 e. The molecule has 0 heterocycles. The van der Waals surface area contributed by atoms with Crippen molar-refractivity contribution in [3.63, 3.8) is 0 Å². The lowest BCUT2D eigenvalue weighted by Gasteiger charge is -2.22. The summed E-state index contributed by atoms with van der Waals surface area (Å²) in [5.41, 5.74) is 2.34. The highest BCUT2D eigenvalue weighted by molar-refractivity contribution is 5.94. The van der Waals surface area contributed by atoms with Crippen LogP contribution in [0.3, 0.4) is 0 Å². The van der Waals surface area contributed by atoms with Gasteiger partial charge in [-0.15, -0.1) is 0 Å². The van der Waals surface area contributed by atoms with E-state index in [9.17, 15) is 9.18 Å². The van der Waals surface area contributed by atoms with Gasteiger partial charge in [-0.2, -0.15) is 0 Å². The predicted octanol–water partition coefficient (Wildman–Crippen LogP) is 3.80. The van der Waals surface area contributed by atoms with Crippen molar-refractivity contribution in [3.05, 3.63) is 71.0 Å². The van der Waals surface area contributed by atoms with E-state index in [4.69, 9.17) is 0 Å². The van der Waals surface area contributed by atoms with E-state index in [0.717, 1.165) is 11.1 Å². The van der Waals surface area contributed by atoms with Crippen LogP contribution in [0.15, 0.2) is 48.5 Å². The van der Waals surface area contributed by atoms with Crippen LogP contribution in [0.5, 0.6) is 0 Å². The number of carbonyl (C=O) groups is 1. The van der Waals surface area contributed by atoms with Gasteiger partial charge in [-0.05, 0) is 37.1 Å². The summed E-state index contributed by atoms with van der Waals surface area (Å²) in [4.78, 5) is 14.1. The van der Waals surface area contributed by atoms with Crippen LogP contribution >= 0.6 is 0 Å². The molecule has 20 heavy (non-hydrogen) atoms. The molecule has 0 saturated heterocycles. The number of nitrogens with zero attached hydrogens (tertiary/aromatic N) is 1. The van der Waals surface area contributed by atoms with E-state index in [0.29, 0.717) is 13.1 Å². The third-order valence-corrected chi connectivity index (χ3v) is 3.40. The van der Waals surface area contributed by atoms with Crippen molar-refractivity contribution in [1.82, 2.24) is 4.90 Å². The van der Waals surface area contributed by atoms with E-state index < -0.39 is 5.82 Å². The summed E-state index contributed by atoms with van der Waals surface area (Å²) in [7, 11) is 0. The Morgan fingerprint density at radius 3 is 2.40 bits per heavy atom. The normalized spacial score (nSPS) is 10.3. The number of halogens is 1. The summed E-state index contributed by atoms with van der Waals surface area (Å²) >= 11 is 0. The lowest BCUT2D eigenvalue weighted by atomic mass is 10.1. The van der Waals surface area contributed by atoms with Crippen LogP contribution in [0, 0.1) is 12.7 Å². The van der Waals surface area contributed by atoms with Crippen molar-refractivity contribution >= 4 is 5.91 Å². The molecule has 0 atom stereocenters. The SMILES string of the molecule is CCN(Cc1ccccc1C)C(=O)c1ccccc1F. The minimum atomic E-state index is -0.472. The first kappa shape index (κ1) is 14.3. The van der Waals surface area contributed by atoms with Crippen molar-refractivity contribution in [3.8, 4) is 0 Å². The van der Waals surface area contributed by atoms with Gasteiger partial charge in [0.25, 0.3) is 5.91 Å². The highest BCUT2D eigenvalue weighted by Gasteiger charge is 2.18. The second-order valence-electron chi connectivity index (χ2n) is 4.73. The summed E-state index contributed by atoms with van der Waals surface area (Å²) in [6.07, 6.45) is 0. The van der Waals surface area contributed by atoms with Crippen molar-refractivity contribution in [2.24, 2.45) is 0 Å². The topological polar surface area (TPSA) is 20.3 Å². The summed E-state index contributed by atoms with van der Waals surface area (Å²) in [5, 5.41) is 0. The molecule has 2 aromatic rings. The van der Waals surface area contributed by atoms with Gasteiger partial charge in [-0.1, -0.05) is 36.4 Å². The third kappa shape index (κ3) is 3.05. The standard InChI is InChI=1S/C17H18FNO/c1-3-19(12-14-9-5-4-8-13(14)2)17(20)15-10-6-7-11-16(15)18/h4-11H,3,12H2,1-2H3. The maximum absolute atomic E-state index is 13.7. The average Bonchev–Trinajstić information content (AvgIpc) is 2.46. The zero-order chi connectivity index (χ0) is 14.5. The Labute approximate surface area is 118 Å². The van der Waals surface area contributed by atoms with Crippen LogP contribution in [0.1, 0.15) is 28.4 Å². The summed E-state index contributed by atoms with van der Waals surface area (Å²) in [5.74, 6) is -0.741. The first-order valence-corrected chi connectivity index (χ1v) is 6.71. The Bertz CT molecular complexity index is 609. The van der Waals surface area contributed by atoms with Gasteiger partial charge in [0, 0.05) is 13.1 Å². The van der Waals surface area contributed by atoms with Crippen LogP contribution in [0.25, 0.3) is 0 Å². The molecule has 0 saturated carbocycles. The smallest absolute Gasteiger partial charge is 0.257 e. The molecule has 0 unspecified atom stereocenters. The molecular formula is C17H18FNO. The molecular weight excluding hydrogens is 253 g/mol. The number of benzene rings is 2. The molecule has 2 nitrogen and oxygen atoms in total. The van der Waals surface area contributed by atoms with Crippen molar-refractivity contribution in [2.45, 2.75) is 20.4 Å². The zero-order valence-corrected chi connectivity index (χ0v) is 11.8. The molecule has 0 aliphatic carbocycles. The van der Waals surface area contributed by atoms with Gasteiger partial charge in [-0.25, -0.2) is 4.39 Å². The molecule has 0 aliphatic heterocycles. The monoisotopic (exact) mass is 271 g/mol. The first-order valence-electron chi connectivity index (χ1n) is 6.71. The zero-order valence-electron chi connectivity index (χ0n) is 11.8. The lowest BCUT2D eigenvalue weighted by molar-refractivity contribution is 0.0747. The highest BCUT2D eigenvalue weighted by Crippen LogP contribution is 2.15. The molecule has 104 valence electrons.